The van der Waals surface area contributed by atoms with Crippen LogP contribution in [0.2, 0.25) is 5.02 Å². The molecule has 1 amide bonds. The number of amides is 1. The van der Waals surface area contributed by atoms with Crippen LogP contribution in [0.15, 0.2) is 48.0 Å². The first-order valence-electron chi connectivity index (χ1n) is 11.1. The van der Waals surface area contributed by atoms with Gasteiger partial charge in [-0.25, -0.2) is 0 Å². The minimum absolute atomic E-state index is 0.0660. The fraction of sp³-hybridized carbons (Fsp3) is 0.385. The Kier molecular flexibility index (Phi) is 7.82. The van der Waals surface area contributed by atoms with Crippen LogP contribution < -0.4 is 4.74 Å². The molecule has 176 valence electrons. The third-order valence-corrected chi connectivity index (χ3v) is 6.05. The summed E-state index contributed by atoms with van der Waals surface area (Å²) < 4.78 is 5.46. The molecule has 0 aromatic heterocycles. The quantitative estimate of drug-likeness (QED) is 0.339. The first-order valence-corrected chi connectivity index (χ1v) is 11.5. The van der Waals surface area contributed by atoms with E-state index in [4.69, 9.17) is 16.3 Å². The summed E-state index contributed by atoms with van der Waals surface area (Å²) in [6.45, 7) is 7.46. The van der Waals surface area contributed by atoms with Crippen LogP contribution >= 0.6 is 11.6 Å². The van der Waals surface area contributed by atoms with Crippen molar-refractivity contribution in [2.45, 2.75) is 32.7 Å². The molecule has 0 bridgehead atoms. The Hall–Kier alpha value is -2.83. The summed E-state index contributed by atoms with van der Waals surface area (Å²) in [7, 11) is 3.82. The van der Waals surface area contributed by atoms with Crippen LogP contribution in [0.5, 0.6) is 5.75 Å². The lowest BCUT2D eigenvalue weighted by Crippen LogP contribution is -2.35. The molecule has 7 heteroatoms. The van der Waals surface area contributed by atoms with Crippen molar-refractivity contribution in [2.75, 3.05) is 33.8 Å². The van der Waals surface area contributed by atoms with E-state index in [1.165, 1.54) is 4.90 Å². The molecule has 6 nitrogen and oxygen atoms in total. The van der Waals surface area contributed by atoms with E-state index in [1.807, 2.05) is 50.2 Å². The lowest BCUT2D eigenvalue weighted by atomic mass is 9.93. The molecule has 1 aliphatic rings. The molecule has 2 aromatic carbocycles. The number of likely N-dealkylation sites (N-methyl/N-ethyl adjacent to an activating group) is 1. The highest BCUT2D eigenvalue weighted by atomic mass is 35.5. The van der Waals surface area contributed by atoms with Gasteiger partial charge in [-0.15, -0.1) is 0 Å². The van der Waals surface area contributed by atoms with Gasteiger partial charge in [-0.2, -0.15) is 0 Å². The highest BCUT2D eigenvalue weighted by Crippen LogP contribution is 2.40. The van der Waals surface area contributed by atoms with Gasteiger partial charge in [-0.3, -0.25) is 9.59 Å². The van der Waals surface area contributed by atoms with Gasteiger partial charge < -0.3 is 19.6 Å². The Balaban J connectivity index is 2.12. The zero-order valence-corrected chi connectivity index (χ0v) is 20.5. The molecule has 0 radical (unpaired) electrons. The van der Waals surface area contributed by atoms with Crippen LogP contribution in [0, 0.1) is 0 Å². The van der Waals surface area contributed by atoms with Gasteiger partial charge in [0.25, 0.3) is 11.7 Å². The number of likely N-dealkylation sites (tertiary alicyclic amines) is 1. The van der Waals surface area contributed by atoms with Crippen LogP contribution in [0.4, 0.5) is 0 Å². The predicted molar refractivity (Wildman–Crippen MR) is 131 cm³/mol. The zero-order valence-electron chi connectivity index (χ0n) is 19.8. The number of hydrogen-bond donors (Lipinski definition) is 1. The smallest absolute Gasteiger partial charge is 0.295 e. The average molecular weight is 471 g/mol. The van der Waals surface area contributed by atoms with E-state index in [2.05, 4.69) is 13.8 Å². The van der Waals surface area contributed by atoms with Crippen molar-refractivity contribution in [1.29, 1.82) is 0 Å². The molecule has 1 atom stereocenters. The Morgan fingerprint density at radius 1 is 1.15 bits per heavy atom. The second-order valence-electron chi connectivity index (χ2n) is 8.70. The molecular formula is C26H31ClN2O4. The highest BCUT2D eigenvalue weighted by Gasteiger charge is 2.45. The molecule has 0 aliphatic carbocycles. The molecule has 1 saturated heterocycles. The van der Waals surface area contributed by atoms with Gasteiger partial charge in [-0.1, -0.05) is 49.7 Å². The van der Waals surface area contributed by atoms with Crippen molar-refractivity contribution >= 4 is 29.1 Å². The number of carbonyl (C=O) groups is 2. The molecule has 1 fully saturated rings. The maximum atomic E-state index is 13.1. The summed E-state index contributed by atoms with van der Waals surface area (Å²) in [5.74, 6) is -0.723. The van der Waals surface area contributed by atoms with Crippen molar-refractivity contribution in [3.05, 3.63) is 69.8 Å². The number of carbonyl (C=O) groups excluding carboxylic acids is 2. The zero-order chi connectivity index (χ0) is 24.3. The Morgan fingerprint density at radius 3 is 2.36 bits per heavy atom. The lowest BCUT2D eigenvalue weighted by Gasteiger charge is -2.27. The van der Waals surface area contributed by atoms with Gasteiger partial charge in [0.2, 0.25) is 0 Å². The van der Waals surface area contributed by atoms with E-state index < -0.39 is 17.7 Å². The standard InChI is InChI=1S/C26H31ClN2O4/c1-6-33-21-12-11-19(15-20(21)27)24(30)22-23(18-9-7-17(8-10-18)16(2)3)29(14-13-28(4)5)26(32)25(22)31/h7-12,15-16,23,30H,6,13-14H2,1-5H3/b24-22-. The number of nitrogens with zero attached hydrogens (tertiary/aromatic N) is 2. The number of ketones is 1. The first-order chi connectivity index (χ1) is 15.6. The van der Waals surface area contributed by atoms with Gasteiger partial charge in [0.15, 0.2) is 0 Å². The van der Waals surface area contributed by atoms with E-state index in [0.29, 0.717) is 41.9 Å². The fourth-order valence-corrected chi connectivity index (χ4v) is 4.14. The van der Waals surface area contributed by atoms with Crippen LogP contribution in [0.3, 0.4) is 0 Å². The van der Waals surface area contributed by atoms with E-state index in [0.717, 1.165) is 11.1 Å². The maximum Gasteiger partial charge on any atom is 0.295 e. The number of rotatable bonds is 8. The fourth-order valence-electron chi connectivity index (χ4n) is 3.90. The topological polar surface area (TPSA) is 70.1 Å². The molecule has 1 heterocycles. The van der Waals surface area contributed by atoms with Crippen LogP contribution in [-0.2, 0) is 9.59 Å². The van der Waals surface area contributed by atoms with Gasteiger partial charge >= 0.3 is 0 Å². The molecule has 33 heavy (non-hydrogen) atoms. The van der Waals surface area contributed by atoms with Crippen molar-refractivity contribution in [1.82, 2.24) is 9.80 Å². The number of aliphatic hydroxyl groups excluding tert-OH is 1. The Bertz CT molecular complexity index is 1060. The highest BCUT2D eigenvalue weighted by molar-refractivity contribution is 6.46. The van der Waals surface area contributed by atoms with E-state index in [9.17, 15) is 14.7 Å². The third-order valence-electron chi connectivity index (χ3n) is 5.75. The minimum atomic E-state index is -0.700. The summed E-state index contributed by atoms with van der Waals surface area (Å²) >= 11 is 6.31. The minimum Gasteiger partial charge on any atom is -0.507 e. The molecule has 1 aliphatic heterocycles. The molecule has 1 N–H and O–H groups in total. The molecule has 0 spiro atoms. The normalized spacial score (nSPS) is 17.9. The number of halogens is 1. The number of hydrogen-bond acceptors (Lipinski definition) is 5. The largest absolute Gasteiger partial charge is 0.507 e. The van der Waals surface area contributed by atoms with Crippen molar-refractivity contribution in [2.24, 2.45) is 0 Å². The second kappa shape index (κ2) is 10.4. The first kappa shape index (κ1) is 24.8. The SMILES string of the molecule is CCOc1ccc(/C(O)=C2/C(=O)C(=O)N(CCN(C)C)C2c2ccc(C(C)C)cc2)cc1Cl. The summed E-state index contributed by atoms with van der Waals surface area (Å²) in [6.07, 6.45) is 0. The monoisotopic (exact) mass is 470 g/mol. The van der Waals surface area contributed by atoms with Crippen molar-refractivity contribution in [3.63, 3.8) is 0 Å². The summed E-state index contributed by atoms with van der Waals surface area (Å²) in [5, 5.41) is 11.5. The van der Waals surface area contributed by atoms with Crippen LogP contribution in [0.25, 0.3) is 5.76 Å². The van der Waals surface area contributed by atoms with Crippen molar-refractivity contribution < 1.29 is 19.4 Å². The maximum absolute atomic E-state index is 13.1. The number of benzene rings is 2. The summed E-state index contributed by atoms with van der Waals surface area (Å²) in [6, 6.07) is 12.0. The van der Waals surface area contributed by atoms with Gasteiger partial charge in [0, 0.05) is 18.7 Å². The number of Topliss-reactive ketones (excluding diaryl/α,β-unsaturated/α-hetero) is 1. The average Bonchev–Trinajstić information content (AvgIpc) is 3.03. The lowest BCUT2D eigenvalue weighted by molar-refractivity contribution is -0.140. The second-order valence-corrected chi connectivity index (χ2v) is 9.10. The van der Waals surface area contributed by atoms with E-state index in [-0.39, 0.29) is 11.3 Å². The molecule has 1 unspecified atom stereocenters. The van der Waals surface area contributed by atoms with Crippen LogP contribution in [-0.4, -0.2) is 60.4 Å². The molecule has 0 saturated carbocycles. The molecular weight excluding hydrogens is 440 g/mol. The Labute approximate surface area is 200 Å². The van der Waals surface area contributed by atoms with E-state index >= 15 is 0 Å². The Morgan fingerprint density at radius 2 is 1.82 bits per heavy atom. The molecule has 3 rings (SSSR count). The summed E-state index contributed by atoms with van der Waals surface area (Å²) in [5.41, 5.74) is 2.35. The van der Waals surface area contributed by atoms with Gasteiger partial charge in [-0.05, 0) is 56.3 Å². The molecule has 2 aromatic rings. The number of ether oxygens (including phenoxy) is 1. The number of aliphatic hydroxyl groups is 1. The van der Waals surface area contributed by atoms with Gasteiger partial charge in [0.1, 0.15) is 11.5 Å². The van der Waals surface area contributed by atoms with Gasteiger partial charge in [0.05, 0.1) is 23.2 Å². The third kappa shape index (κ3) is 5.23. The van der Waals surface area contributed by atoms with E-state index in [1.54, 1.807) is 18.2 Å². The predicted octanol–water partition coefficient (Wildman–Crippen LogP) is 4.85. The van der Waals surface area contributed by atoms with Crippen molar-refractivity contribution in [3.8, 4) is 5.75 Å². The summed E-state index contributed by atoms with van der Waals surface area (Å²) in [4.78, 5) is 29.6. The van der Waals surface area contributed by atoms with Crippen LogP contribution in [0.1, 0.15) is 49.4 Å².